The molecule has 0 saturated carbocycles. The number of nitrogens with one attached hydrogen (secondary N) is 1. The molecule has 0 atom stereocenters. The molecule has 0 bridgehead atoms. The van der Waals surface area contributed by atoms with E-state index in [1.165, 1.54) is 11.3 Å². The maximum Gasteiger partial charge on any atom is 0.338 e. The summed E-state index contributed by atoms with van der Waals surface area (Å²) in [6.07, 6.45) is 0. The van der Waals surface area contributed by atoms with Crippen molar-refractivity contribution in [2.75, 3.05) is 5.32 Å². The van der Waals surface area contributed by atoms with Crippen LogP contribution in [0, 0.1) is 6.92 Å². The van der Waals surface area contributed by atoms with Crippen LogP contribution >= 0.6 is 11.3 Å². The van der Waals surface area contributed by atoms with Gasteiger partial charge in [0.05, 0.1) is 5.56 Å². The third-order valence-electron chi connectivity index (χ3n) is 3.15. The molecule has 2 aromatic rings. The number of hydrogen-bond acceptors (Lipinski definition) is 3. The molecule has 0 unspecified atom stereocenters. The van der Waals surface area contributed by atoms with E-state index >= 15 is 0 Å². The highest BCUT2D eigenvalue weighted by atomic mass is 32.1. The standard InChI is InChI=1S/C16H17NO3S/c1-9(2)11-4-6-12(7-5-11)14(18)17-15-13(16(19)20)8-10(3)21-15/h4-9H,1-3H3,(H,17,18)(H,19,20). The van der Waals surface area contributed by atoms with Crippen LogP contribution in [0.2, 0.25) is 0 Å². The summed E-state index contributed by atoms with van der Waals surface area (Å²) >= 11 is 1.26. The second-order valence-electron chi connectivity index (χ2n) is 5.14. The first kappa shape index (κ1) is 15.3. The fourth-order valence-electron chi connectivity index (χ4n) is 1.96. The van der Waals surface area contributed by atoms with Crippen molar-refractivity contribution in [1.29, 1.82) is 0 Å². The number of anilines is 1. The molecule has 0 fully saturated rings. The summed E-state index contributed by atoms with van der Waals surface area (Å²) in [5.74, 6) is -0.930. The summed E-state index contributed by atoms with van der Waals surface area (Å²) in [4.78, 5) is 24.2. The maximum absolute atomic E-state index is 12.2. The molecule has 0 radical (unpaired) electrons. The summed E-state index contributed by atoms with van der Waals surface area (Å²) in [6.45, 7) is 5.98. The Labute approximate surface area is 127 Å². The smallest absolute Gasteiger partial charge is 0.338 e. The van der Waals surface area contributed by atoms with Crippen LogP contribution in [-0.4, -0.2) is 17.0 Å². The number of carboxylic acid groups (broad SMARTS) is 1. The van der Waals surface area contributed by atoms with Crippen LogP contribution < -0.4 is 5.32 Å². The van der Waals surface area contributed by atoms with Gasteiger partial charge in [0.15, 0.2) is 0 Å². The highest BCUT2D eigenvalue weighted by Gasteiger charge is 2.16. The number of carbonyl (C=O) groups excluding carboxylic acids is 1. The normalized spacial score (nSPS) is 10.7. The van der Waals surface area contributed by atoms with E-state index in [0.717, 1.165) is 10.4 Å². The molecule has 2 N–H and O–H groups in total. The van der Waals surface area contributed by atoms with E-state index in [-0.39, 0.29) is 11.5 Å². The SMILES string of the molecule is Cc1cc(C(=O)O)c(NC(=O)c2ccc(C(C)C)cc2)s1. The maximum atomic E-state index is 12.2. The topological polar surface area (TPSA) is 66.4 Å². The van der Waals surface area contributed by atoms with Gasteiger partial charge in [-0.15, -0.1) is 11.3 Å². The van der Waals surface area contributed by atoms with Crippen molar-refractivity contribution in [2.45, 2.75) is 26.7 Å². The third kappa shape index (κ3) is 3.49. The van der Waals surface area contributed by atoms with Crippen LogP contribution in [0.5, 0.6) is 0 Å². The van der Waals surface area contributed by atoms with Crippen molar-refractivity contribution in [3.63, 3.8) is 0 Å². The van der Waals surface area contributed by atoms with Gasteiger partial charge in [0.2, 0.25) is 0 Å². The molecule has 1 aromatic carbocycles. The van der Waals surface area contributed by atoms with Crippen molar-refractivity contribution in [3.05, 3.63) is 51.9 Å². The Kier molecular flexibility index (Phi) is 4.43. The lowest BCUT2D eigenvalue weighted by Gasteiger charge is -2.07. The van der Waals surface area contributed by atoms with Crippen LogP contribution in [0.4, 0.5) is 5.00 Å². The van der Waals surface area contributed by atoms with Crippen LogP contribution in [0.25, 0.3) is 0 Å². The first-order valence-corrected chi connectivity index (χ1v) is 7.45. The zero-order valence-electron chi connectivity index (χ0n) is 12.1. The summed E-state index contributed by atoms with van der Waals surface area (Å²) in [5.41, 5.74) is 1.80. The predicted molar refractivity (Wildman–Crippen MR) is 84.5 cm³/mol. The van der Waals surface area contributed by atoms with Gasteiger partial charge in [0.25, 0.3) is 5.91 Å². The fourth-order valence-corrected chi connectivity index (χ4v) is 2.86. The molecule has 1 amide bonds. The van der Waals surface area contributed by atoms with Gasteiger partial charge in [-0.1, -0.05) is 26.0 Å². The van der Waals surface area contributed by atoms with Crippen molar-refractivity contribution >= 4 is 28.2 Å². The molecule has 2 rings (SSSR count). The first-order chi connectivity index (χ1) is 9.88. The lowest BCUT2D eigenvalue weighted by atomic mass is 10.0. The van der Waals surface area contributed by atoms with Crippen molar-refractivity contribution in [1.82, 2.24) is 0 Å². The minimum absolute atomic E-state index is 0.129. The van der Waals surface area contributed by atoms with E-state index < -0.39 is 5.97 Å². The fraction of sp³-hybridized carbons (Fsp3) is 0.250. The highest BCUT2D eigenvalue weighted by molar-refractivity contribution is 7.16. The number of rotatable bonds is 4. The molecular formula is C16H17NO3S. The van der Waals surface area contributed by atoms with Crippen LogP contribution in [-0.2, 0) is 0 Å². The summed E-state index contributed by atoms with van der Waals surface area (Å²) in [6, 6.07) is 8.90. The average molecular weight is 303 g/mol. The van der Waals surface area contributed by atoms with Gasteiger partial charge in [-0.3, -0.25) is 4.79 Å². The molecule has 0 aliphatic rings. The molecule has 1 aromatic heterocycles. The lowest BCUT2D eigenvalue weighted by Crippen LogP contribution is -2.13. The number of amides is 1. The monoisotopic (exact) mass is 303 g/mol. The quantitative estimate of drug-likeness (QED) is 0.892. The van der Waals surface area contributed by atoms with Gasteiger partial charge in [0.1, 0.15) is 5.00 Å². The van der Waals surface area contributed by atoms with E-state index in [0.29, 0.717) is 16.5 Å². The van der Waals surface area contributed by atoms with Gasteiger partial charge >= 0.3 is 5.97 Å². The Hall–Kier alpha value is -2.14. The van der Waals surface area contributed by atoms with Gasteiger partial charge < -0.3 is 10.4 Å². The van der Waals surface area contributed by atoms with Crippen LogP contribution in [0.15, 0.2) is 30.3 Å². The van der Waals surface area contributed by atoms with Crippen molar-refractivity contribution in [2.24, 2.45) is 0 Å². The van der Waals surface area contributed by atoms with Gasteiger partial charge in [-0.2, -0.15) is 0 Å². The molecule has 0 aliphatic carbocycles. The number of aryl methyl sites for hydroxylation is 1. The Balaban J connectivity index is 2.20. The minimum atomic E-state index is -1.04. The third-order valence-corrected chi connectivity index (χ3v) is 4.12. The van der Waals surface area contributed by atoms with E-state index in [9.17, 15) is 9.59 Å². The Morgan fingerprint density at radius 3 is 2.33 bits per heavy atom. The van der Waals surface area contributed by atoms with E-state index in [1.54, 1.807) is 18.2 Å². The second kappa shape index (κ2) is 6.10. The number of aromatic carboxylic acids is 1. The van der Waals surface area contributed by atoms with E-state index in [4.69, 9.17) is 5.11 Å². The Morgan fingerprint density at radius 1 is 1.19 bits per heavy atom. The predicted octanol–water partition coefficient (Wildman–Crippen LogP) is 4.13. The molecule has 0 spiro atoms. The van der Waals surface area contributed by atoms with Gasteiger partial charge in [-0.05, 0) is 36.6 Å². The van der Waals surface area contributed by atoms with Crippen LogP contribution in [0.3, 0.4) is 0 Å². The van der Waals surface area contributed by atoms with Gasteiger partial charge in [-0.25, -0.2) is 4.79 Å². The van der Waals surface area contributed by atoms with E-state index in [1.807, 2.05) is 19.1 Å². The number of carboxylic acids is 1. The molecule has 0 aliphatic heterocycles. The molecule has 110 valence electrons. The summed E-state index contributed by atoms with van der Waals surface area (Å²) < 4.78 is 0. The molecule has 5 heteroatoms. The average Bonchev–Trinajstić information content (AvgIpc) is 2.80. The number of thiophene rings is 1. The largest absolute Gasteiger partial charge is 0.478 e. The zero-order chi connectivity index (χ0) is 15.6. The van der Waals surface area contributed by atoms with Crippen LogP contribution in [0.1, 0.15) is 50.9 Å². The number of carbonyl (C=O) groups is 2. The number of benzene rings is 1. The molecular weight excluding hydrogens is 286 g/mol. The molecule has 21 heavy (non-hydrogen) atoms. The molecule has 4 nitrogen and oxygen atoms in total. The molecule has 1 heterocycles. The second-order valence-corrected chi connectivity index (χ2v) is 6.39. The molecule has 0 saturated heterocycles. The Morgan fingerprint density at radius 2 is 1.81 bits per heavy atom. The first-order valence-electron chi connectivity index (χ1n) is 6.63. The summed E-state index contributed by atoms with van der Waals surface area (Å²) in [5, 5.41) is 12.2. The highest BCUT2D eigenvalue weighted by Crippen LogP contribution is 2.28. The van der Waals surface area contributed by atoms with E-state index in [2.05, 4.69) is 19.2 Å². The summed E-state index contributed by atoms with van der Waals surface area (Å²) in [7, 11) is 0. The minimum Gasteiger partial charge on any atom is -0.478 e. The van der Waals surface area contributed by atoms with Crippen molar-refractivity contribution in [3.8, 4) is 0 Å². The lowest BCUT2D eigenvalue weighted by molar-refractivity contribution is 0.0698. The Bertz CT molecular complexity index is 671. The zero-order valence-corrected chi connectivity index (χ0v) is 13.0. The number of hydrogen-bond donors (Lipinski definition) is 2. The van der Waals surface area contributed by atoms with Gasteiger partial charge in [0, 0.05) is 10.4 Å². The van der Waals surface area contributed by atoms with Crippen molar-refractivity contribution < 1.29 is 14.7 Å².